The molecule has 0 fully saturated rings. The highest BCUT2D eigenvalue weighted by Crippen LogP contribution is 2.11. The normalized spacial score (nSPS) is 10.2. The second kappa shape index (κ2) is 14.8. The maximum atomic E-state index is 8.36. The second-order valence-corrected chi connectivity index (χ2v) is 5.50. The quantitative estimate of drug-likeness (QED) is 0.440. The van der Waals surface area contributed by atoms with Gasteiger partial charge in [-0.15, -0.1) is 11.8 Å². The number of hydrogen-bond acceptors (Lipinski definition) is 2. The van der Waals surface area contributed by atoms with E-state index in [2.05, 4.69) is 13.0 Å². The van der Waals surface area contributed by atoms with E-state index in [1.165, 1.54) is 70.0 Å². The smallest absolute Gasteiger partial charge is 0.0808 e. The molecule has 94 valence electrons. The van der Waals surface area contributed by atoms with Crippen molar-refractivity contribution >= 4 is 11.8 Å². The van der Waals surface area contributed by atoms with E-state index in [1.807, 2.05) is 0 Å². The molecule has 0 atom stereocenters. The number of nitriles is 1. The first-order valence-corrected chi connectivity index (χ1v) is 8.02. The third-order valence-electron chi connectivity index (χ3n) is 2.81. The monoisotopic (exact) mass is 241 g/mol. The van der Waals surface area contributed by atoms with Gasteiger partial charge in [0, 0.05) is 0 Å². The number of hydrogen-bond donors (Lipinski definition) is 0. The molecule has 0 N–H and O–H groups in total. The van der Waals surface area contributed by atoms with E-state index in [4.69, 9.17) is 5.26 Å². The summed E-state index contributed by atoms with van der Waals surface area (Å²) < 4.78 is 0. The Kier molecular flexibility index (Phi) is 14.7. The summed E-state index contributed by atoms with van der Waals surface area (Å²) in [7, 11) is 0. The van der Waals surface area contributed by atoms with Crippen molar-refractivity contribution in [2.75, 3.05) is 11.5 Å². The van der Waals surface area contributed by atoms with Crippen molar-refractivity contribution in [1.82, 2.24) is 0 Å². The van der Waals surface area contributed by atoms with Crippen molar-refractivity contribution in [3.05, 3.63) is 0 Å². The van der Waals surface area contributed by atoms with Crippen LogP contribution in [0.4, 0.5) is 0 Å². The van der Waals surface area contributed by atoms with Crippen LogP contribution in [0.1, 0.15) is 71.1 Å². The van der Waals surface area contributed by atoms with Crippen LogP contribution in [0.25, 0.3) is 0 Å². The summed E-state index contributed by atoms with van der Waals surface area (Å²) in [5.41, 5.74) is 0. The maximum Gasteiger partial charge on any atom is 0.0808 e. The van der Waals surface area contributed by atoms with Gasteiger partial charge in [-0.3, -0.25) is 0 Å². The molecule has 0 saturated heterocycles. The molecule has 16 heavy (non-hydrogen) atoms. The minimum Gasteiger partial charge on any atom is -0.197 e. The molecule has 0 bridgehead atoms. The van der Waals surface area contributed by atoms with Gasteiger partial charge in [0.25, 0.3) is 0 Å². The van der Waals surface area contributed by atoms with Crippen molar-refractivity contribution in [3.8, 4) is 6.07 Å². The lowest BCUT2D eigenvalue weighted by atomic mass is 10.1. The fourth-order valence-corrected chi connectivity index (χ4v) is 2.45. The highest BCUT2D eigenvalue weighted by Gasteiger charge is 1.92. The Labute approximate surface area is 106 Å². The third kappa shape index (κ3) is 13.8. The van der Waals surface area contributed by atoms with Crippen molar-refractivity contribution < 1.29 is 0 Å². The molecule has 0 aliphatic carbocycles. The molecule has 0 aliphatic rings. The molecule has 0 aromatic carbocycles. The maximum absolute atomic E-state index is 8.36. The number of thioether (sulfide) groups is 1. The first-order valence-electron chi connectivity index (χ1n) is 6.86. The van der Waals surface area contributed by atoms with Gasteiger partial charge in [0.2, 0.25) is 0 Å². The van der Waals surface area contributed by atoms with Crippen LogP contribution < -0.4 is 0 Å². The van der Waals surface area contributed by atoms with Gasteiger partial charge in [-0.2, -0.15) is 5.26 Å². The van der Waals surface area contributed by atoms with Gasteiger partial charge in [0.1, 0.15) is 0 Å². The van der Waals surface area contributed by atoms with Crippen molar-refractivity contribution in [2.24, 2.45) is 0 Å². The molecule has 0 radical (unpaired) electrons. The van der Waals surface area contributed by atoms with E-state index in [9.17, 15) is 0 Å². The molecule has 0 aromatic rings. The van der Waals surface area contributed by atoms with Crippen LogP contribution >= 0.6 is 11.8 Å². The largest absolute Gasteiger partial charge is 0.197 e. The Morgan fingerprint density at radius 2 is 1.31 bits per heavy atom. The zero-order valence-corrected chi connectivity index (χ0v) is 11.7. The van der Waals surface area contributed by atoms with Crippen molar-refractivity contribution in [2.45, 2.75) is 71.1 Å². The SMILES string of the molecule is CCCCCCCCCCCCSCC#N. The summed E-state index contributed by atoms with van der Waals surface area (Å²) in [6.07, 6.45) is 13.9. The lowest BCUT2D eigenvalue weighted by molar-refractivity contribution is 0.563. The average Bonchev–Trinajstić information content (AvgIpc) is 2.31. The minimum atomic E-state index is 0.664. The topological polar surface area (TPSA) is 23.8 Å². The van der Waals surface area contributed by atoms with Gasteiger partial charge in [-0.1, -0.05) is 64.7 Å². The van der Waals surface area contributed by atoms with E-state index < -0.39 is 0 Å². The summed E-state index contributed by atoms with van der Waals surface area (Å²) >= 11 is 1.77. The molecular formula is C14H27NS. The molecule has 2 heteroatoms. The molecule has 0 heterocycles. The summed E-state index contributed by atoms with van der Waals surface area (Å²) in [6.45, 7) is 2.27. The Balaban J connectivity index is 2.86. The second-order valence-electron chi connectivity index (χ2n) is 4.39. The van der Waals surface area contributed by atoms with Crippen LogP contribution in [-0.2, 0) is 0 Å². The Morgan fingerprint density at radius 3 is 1.81 bits per heavy atom. The van der Waals surface area contributed by atoms with Gasteiger partial charge in [0.05, 0.1) is 11.8 Å². The van der Waals surface area contributed by atoms with Gasteiger partial charge < -0.3 is 0 Å². The van der Waals surface area contributed by atoms with E-state index in [0.29, 0.717) is 5.75 Å². The van der Waals surface area contributed by atoms with Crippen LogP contribution in [0.15, 0.2) is 0 Å². The van der Waals surface area contributed by atoms with Crippen LogP contribution in [-0.4, -0.2) is 11.5 Å². The van der Waals surface area contributed by atoms with E-state index in [-0.39, 0.29) is 0 Å². The molecule has 0 spiro atoms. The predicted octanol–water partition coefficient (Wildman–Crippen LogP) is 5.16. The number of unbranched alkanes of at least 4 members (excludes halogenated alkanes) is 9. The summed E-state index contributed by atoms with van der Waals surface area (Å²) in [5, 5.41) is 8.36. The predicted molar refractivity (Wildman–Crippen MR) is 74.8 cm³/mol. The first-order chi connectivity index (χ1) is 7.91. The molecule has 0 aliphatic heterocycles. The van der Waals surface area contributed by atoms with Crippen LogP contribution in [0, 0.1) is 11.3 Å². The zero-order chi connectivity index (χ0) is 11.9. The summed E-state index contributed by atoms with van der Waals surface area (Å²) in [5.74, 6) is 1.83. The van der Waals surface area contributed by atoms with Gasteiger partial charge >= 0.3 is 0 Å². The van der Waals surface area contributed by atoms with Crippen molar-refractivity contribution in [1.29, 1.82) is 5.26 Å². The van der Waals surface area contributed by atoms with Crippen LogP contribution in [0.2, 0.25) is 0 Å². The first kappa shape index (κ1) is 15.8. The van der Waals surface area contributed by atoms with Crippen molar-refractivity contribution in [3.63, 3.8) is 0 Å². The van der Waals surface area contributed by atoms with Gasteiger partial charge in [-0.25, -0.2) is 0 Å². The Morgan fingerprint density at radius 1 is 0.812 bits per heavy atom. The van der Waals surface area contributed by atoms with Gasteiger partial charge in [0.15, 0.2) is 0 Å². The molecule has 0 saturated carbocycles. The van der Waals surface area contributed by atoms with E-state index in [0.717, 1.165) is 0 Å². The van der Waals surface area contributed by atoms with E-state index in [1.54, 1.807) is 11.8 Å². The van der Waals surface area contributed by atoms with Crippen LogP contribution in [0.5, 0.6) is 0 Å². The summed E-state index contributed by atoms with van der Waals surface area (Å²) in [6, 6.07) is 2.17. The molecule has 1 nitrogen and oxygen atoms in total. The molecule has 0 unspecified atom stereocenters. The number of rotatable bonds is 12. The fraction of sp³-hybridized carbons (Fsp3) is 0.929. The highest BCUT2D eigenvalue weighted by atomic mass is 32.2. The van der Waals surface area contributed by atoms with Crippen LogP contribution in [0.3, 0.4) is 0 Å². The zero-order valence-electron chi connectivity index (χ0n) is 10.8. The summed E-state index contributed by atoms with van der Waals surface area (Å²) in [4.78, 5) is 0. The average molecular weight is 241 g/mol. The van der Waals surface area contributed by atoms with E-state index >= 15 is 0 Å². The molecular weight excluding hydrogens is 214 g/mol. The standard InChI is InChI=1S/C14H27NS/c1-2-3-4-5-6-7-8-9-10-11-13-16-14-12-15/h2-11,13-14H2,1H3. The lowest BCUT2D eigenvalue weighted by Gasteiger charge is -2.01. The minimum absolute atomic E-state index is 0.664. The molecule has 0 aromatic heterocycles. The Hall–Kier alpha value is -0.160. The lowest BCUT2D eigenvalue weighted by Crippen LogP contribution is -1.84. The highest BCUT2D eigenvalue weighted by molar-refractivity contribution is 7.99. The Bertz CT molecular complexity index is 163. The number of nitrogens with zero attached hydrogens (tertiary/aromatic N) is 1. The third-order valence-corrected chi connectivity index (χ3v) is 3.72. The molecule has 0 amide bonds. The fourth-order valence-electron chi connectivity index (χ4n) is 1.81. The van der Waals surface area contributed by atoms with Gasteiger partial charge in [-0.05, 0) is 12.2 Å². The molecule has 0 rings (SSSR count).